The van der Waals surface area contributed by atoms with Crippen LogP contribution >= 0.6 is 0 Å². The predicted molar refractivity (Wildman–Crippen MR) is 55.9 cm³/mol. The predicted octanol–water partition coefficient (Wildman–Crippen LogP) is 0.823. The van der Waals surface area contributed by atoms with Crippen molar-refractivity contribution in [3.05, 3.63) is 0 Å². The van der Waals surface area contributed by atoms with Crippen molar-refractivity contribution in [1.82, 2.24) is 9.80 Å². The van der Waals surface area contributed by atoms with Crippen molar-refractivity contribution < 1.29 is 9.59 Å². The minimum absolute atomic E-state index is 0.0569. The standard InChI is InChI=1S/C11H18N2O2/c1-8(14)13-7-12(2)11(15)9-5-3-4-6-10(9)13/h9-10H,3-7H2,1-2H3. The van der Waals surface area contributed by atoms with Crippen LogP contribution in [0.1, 0.15) is 32.6 Å². The monoisotopic (exact) mass is 210 g/mol. The average molecular weight is 210 g/mol. The van der Waals surface area contributed by atoms with E-state index in [1.54, 1.807) is 18.9 Å². The minimum atomic E-state index is 0.0569. The molecule has 4 nitrogen and oxygen atoms in total. The molecule has 84 valence electrons. The summed E-state index contributed by atoms with van der Waals surface area (Å²) in [7, 11) is 1.78. The van der Waals surface area contributed by atoms with Crippen LogP contribution in [0.3, 0.4) is 0 Å². The molecule has 0 aromatic rings. The van der Waals surface area contributed by atoms with Crippen LogP contribution in [0.2, 0.25) is 0 Å². The normalized spacial score (nSPS) is 31.5. The van der Waals surface area contributed by atoms with Crippen molar-refractivity contribution in [1.29, 1.82) is 0 Å². The summed E-state index contributed by atoms with van der Waals surface area (Å²) < 4.78 is 0. The molecule has 1 aliphatic heterocycles. The SMILES string of the molecule is CC(=O)N1CN(C)C(=O)C2CCCCC21. The van der Waals surface area contributed by atoms with E-state index in [4.69, 9.17) is 0 Å². The molecule has 0 spiro atoms. The summed E-state index contributed by atoms with van der Waals surface area (Å²) in [5, 5.41) is 0. The largest absolute Gasteiger partial charge is 0.328 e. The van der Waals surface area contributed by atoms with E-state index < -0.39 is 0 Å². The average Bonchev–Trinajstić information content (AvgIpc) is 2.23. The molecule has 2 fully saturated rings. The van der Waals surface area contributed by atoms with Crippen LogP contribution in [0.15, 0.2) is 0 Å². The number of carbonyl (C=O) groups is 2. The van der Waals surface area contributed by atoms with Crippen molar-refractivity contribution in [2.24, 2.45) is 5.92 Å². The first-order chi connectivity index (χ1) is 7.11. The summed E-state index contributed by atoms with van der Waals surface area (Å²) in [5.41, 5.74) is 0. The second kappa shape index (κ2) is 3.83. The quantitative estimate of drug-likeness (QED) is 0.594. The molecule has 0 bridgehead atoms. The van der Waals surface area contributed by atoms with Gasteiger partial charge in [-0.1, -0.05) is 12.8 Å². The lowest BCUT2D eigenvalue weighted by Crippen LogP contribution is -2.59. The van der Waals surface area contributed by atoms with Crippen LogP contribution < -0.4 is 0 Å². The number of carbonyl (C=O) groups excluding carboxylic acids is 2. The van der Waals surface area contributed by atoms with E-state index >= 15 is 0 Å². The Hall–Kier alpha value is -1.06. The molecule has 0 aromatic carbocycles. The van der Waals surface area contributed by atoms with Gasteiger partial charge < -0.3 is 9.80 Å². The number of hydrogen-bond donors (Lipinski definition) is 0. The molecule has 2 amide bonds. The Morgan fingerprint density at radius 2 is 2.00 bits per heavy atom. The van der Waals surface area contributed by atoms with E-state index in [2.05, 4.69) is 0 Å². The zero-order valence-electron chi connectivity index (χ0n) is 9.40. The summed E-state index contributed by atoms with van der Waals surface area (Å²) in [6.45, 7) is 2.06. The molecule has 0 radical (unpaired) electrons. The van der Waals surface area contributed by atoms with Crippen molar-refractivity contribution in [2.75, 3.05) is 13.7 Å². The molecular weight excluding hydrogens is 192 g/mol. The zero-order chi connectivity index (χ0) is 11.0. The van der Waals surface area contributed by atoms with Gasteiger partial charge in [-0.2, -0.15) is 0 Å². The summed E-state index contributed by atoms with van der Waals surface area (Å²) in [6.07, 6.45) is 4.19. The van der Waals surface area contributed by atoms with Gasteiger partial charge in [0.25, 0.3) is 0 Å². The van der Waals surface area contributed by atoms with Gasteiger partial charge in [-0.15, -0.1) is 0 Å². The highest BCUT2D eigenvalue weighted by Crippen LogP contribution is 2.32. The summed E-state index contributed by atoms with van der Waals surface area (Å²) in [5.74, 6) is 0.366. The van der Waals surface area contributed by atoms with Crippen molar-refractivity contribution in [3.8, 4) is 0 Å². The van der Waals surface area contributed by atoms with E-state index in [0.29, 0.717) is 6.67 Å². The highest BCUT2D eigenvalue weighted by atomic mass is 16.2. The van der Waals surface area contributed by atoms with Gasteiger partial charge in [-0.3, -0.25) is 9.59 Å². The van der Waals surface area contributed by atoms with Crippen LogP contribution in [0.5, 0.6) is 0 Å². The summed E-state index contributed by atoms with van der Waals surface area (Å²) >= 11 is 0. The Labute approximate surface area is 90.2 Å². The van der Waals surface area contributed by atoms with Crippen molar-refractivity contribution in [3.63, 3.8) is 0 Å². The lowest BCUT2D eigenvalue weighted by molar-refractivity contribution is -0.156. The summed E-state index contributed by atoms with van der Waals surface area (Å²) in [4.78, 5) is 26.9. The Morgan fingerprint density at radius 1 is 1.33 bits per heavy atom. The third-order valence-corrected chi connectivity index (χ3v) is 3.59. The maximum Gasteiger partial charge on any atom is 0.228 e. The molecular formula is C11H18N2O2. The molecule has 15 heavy (non-hydrogen) atoms. The van der Waals surface area contributed by atoms with Crippen LogP contribution in [-0.4, -0.2) is 41.4 Å². The molecule has 1 aliphatic carbocycles. The van der Waals surface area contributed by atoms with E-state index in [0.717, 1.165) is 25.7 Å². The van der Waals surface area contributed by atoms with E-state index in [1.165, 1.54) is 0 Å². The smallest absolute Gasteiger partial charge is 0.228 e. The first-order valence-electron chi connectivity index (χ1n) is 5.63. The highest BCUT2D eigenvalue weighted by molar-refractivity contribution is 5.83. The Bertz CT molecular complexity index is 288. The molecule has 2 rings (SSSR count). The molecule has 4 heteroatoms. The molecule has 0 aromatic heterocycles. The van der Waals surface area contributed by atoms with Crippen molar-refractivity contribution in [2.45, 2.75) is 38.6 Å². The minimum Gasteiger partial charge on any atom is -0.328 e. The molecule has 1 saturated heterocycles. The second-order valence-corrected chi connectivity index (χ2v) is 4.62. The number of fused-ring (bicyclic) bond motifs is 1. The molecule has 1 heterocycles. The number of amides is 2. The fraction of sp³-hybridized carbons (Fsp3) is 0.818. The fourth-order valence-corrected chi connectivity index (χ4v) is 2.79. The topological polar surface area (TPSA) is 40.6 Å². The molecule has 2 atom stereocenters. The fourth-order valence-electron chi connectivity index (χ4n) is 2.79. The van der Waals surface area contributed by atoms with E-state index in [-0.39, 0.29) is 23.8 Å². The van der Waals surface area contributed by atoms with Gasteiger partial charge >= 0.3 is 0 Å². The molecule has 2 unspecified atom stereocenters. The first-order valence-corrected chi connectivity index (χ1v) is 5.63. The van der Waals surface area contributed by atoms with E-state index in [9.17, 15) is 9.59 Å². The third-order valence-electron chi connectivity index (χ3n) is 3.59. The molecule has 2 aliphatic rings. The van der Waals surface area contributed by atoms with Gasteiger partial charge in [0.1, 0.15) is 0 Å². The maximum absolute atomic E-state index is 11.9. The van der Waals surface area contributed by atoms with Gasteiger partial charge in [0, 0.05) is 20.0 Å². The third kappa shape index (κ3) is 1.73. The van der Waals surface area contributed by atoms with Gasteiger partial charge in [0.15, 0.2) is 0 Å². The second-order valence-electron chi connectivity index (χ2n) is 4.62. The van der Waals surface area contributed by atoms with Gasteiger partial charge in [-0.25, -0.2) is 0 Å². The first kappa shape index (κ1) is 10.5. The lowest BCUT2D eigenvalue weighted by Gasteiger charge is -2.46. The highest BCUT2D eigenvalue weighted by Gasteiger charge is 2.41. The number of nitrogens with zero attached hydrogens (tertiary/aromatic N) is 2. The van der Waals surface area contributed by atoms with Crippen LogP contribution in [0.25, 0.3) is 0 Å². The van der Waals surface area contributed by atoms with Crippen molar-refractivity contribution >= 4 is 11.8 Å². The van der Waals surface area contributed by atoms with Crippen LogP contribution in [0.4, 0.5) is 0 Å². The Morgan fingerprint density at radius 3 is 2.67 bits per heavy atom. The Kier molecular flexibility index (Phi) is 2.67. The van der Waals surface area contributed by atoms with E-state index in [1.807, 2.05) is 4.90 Å². The number of hydrogen-bond acceptors (Lipinski definition) is 2. The number of rotatable bonds is 0. The molecule has 1 saturated carbocycles. The van der Waals surface area contributed by atoms with Gasteiger partial charge in [0.05, 0.1) is 12.6 Å². The van der Waals surface area contributed by atoms with Gasteiger partial charge in [0.2, 0.25) is 11.8 Å². The Balaban J connectivity index is 2.21. The summed E-state index contributed by atoms with van der Waals surface area (Å²) in [6, 6.07) is 0.167. The van der Waals surface area contributed by atoms with Crippen LogP contribution in [0, 0.1) is 5.92 Å². The van der Waals surface area contributed by atoms with Gasteiger partial charge in [-0.05, 0) is 12.8 Å². The van der Waals surface area contributed by atoms with Crippen LogP contribution in [-0.2, 0) is 9.59 Å². The zero-order valence-corrected chi connectivity index (χ0v) is 9.40. The lowest BCUT2D eigenvalue weighted by atomic mass is 9.81. The maximum atomic E-state index is 11.9. The molecule has 0 N–H and O–H groups in total.